The van der Waals surface area contributed by atoms with Gasteiger partial charge in [0.1, 0.15) is 16.7 Å². The Morgan fingerprint density at radius 1 is 0.897 bits per heavy atom. The zero-order chi connectivity index (χ0) is 20.6. The molecule has 0 spiro atoms. The molecule has 0 bridgehead atoms. The number of benzene rings is 1. The molecule has 0 N–H and O–H groups in total. The van der Waals surface area contributed by atoms with Crippen molar-refractivity contribution in [1.29, 1.82) is 0 Å². The van der Waals surface area contributed by atoms with Crippen LogP contribution in [0.2, 0.25) is 5.02 Å². The van der Waals surface area contributed by atoms with Gasteiger partial charge in [-0.1, -0.05) is 75.6 Å². The van der Waals surface area contributed by atoms with E-state index in [2.05, 4.69) is 19.1 Å². The maximum absolute atomic E-state index is 13.7. The molecule has 2 aliphatic carbocycles. The number of halogens is 3. The first-order valence-corrected chi connectivity index (χ1v) is 12.3. The summed E-state index contributed by atoms with van der Waals surface area (Å²) < 4.78 is 27.4. The van der Waals surface area contributed by atoms with Crippen molar-refractivity contribution in [2.45, 2.75) is 96.3 Å². The number of hydrogen-bond donors (Lipinski definition) is 0. The van der Waals surface area contributed by atoms with Crippen molar-refractivity contribution in [2.75, 3.05) is 0 Å². The third-order valence-electron chi connectivity index (χ3n) is 7.33. The van der Waals surface area contributed by atoms with E-state index in [4.69, 9.17) is 11.6 Å². The van der Waals surface area contributed by atoms with Crippen LogP contribution in [0.5, 0.6) is 0 Å². The van der Waals surface area contributed by atoms with E-state index in [-0.39, 0.29) is 10.9 Å². The Morgan fingerprint density at radius 2 is 1.48 bits per heavy atom. The van der Waals surface area contributed by atoms with Crippen LogP contribution in [0.4, 0.5) is 8.78 Å². The molecule has 0 saturated heterocycles. The van der Waals surface area contributed by atoms with Gasteiger partial charge in [0.2, 0.25) is 0 Å². The van der Waals surface area contributed by atoms with E-state index < -0.39 is 11.6 Å². The van der Waals surface area contributed by atoms with Crippen LogP contribution in [0.1, 0.15) is 102 Å². The predicted molar refractivity (Wildman–Crippen MR) is 119 cm³/mol. The van der Waals surface area contributed by atoms with Gasteiger partial charge in [0.25, 0.3) is 0 Å². The summed E-state index contributed by atoms with van der Waals surface area (Å²) >= 11 is 5.61. The monoisotopic (exact) mass is 422 g/mol. The summed E-state index contributed by atoms with van der Waals surface area (Å²) in [6.07, 6.45) is 21.5. The topological polar surface area (TPSA) is 0 Å². The Hall–Kier alpha value is -0.890. The van der Waals surface area contributed by atoms with Gasteiger partial charge in [0, 0.05) is 0 Å². The molecular formula is C26H37ClF2. The summed E-state index contributed by atoms with van der Waals surface area (Å²) in [6.45, 7) is 2.29. The van der Waals surface area contributed by atoms with Crippen LogP contribution >= 0.6 is 11.6 Å². The highest BCUT2D eigenvalue weighted by Gasteiger charge is 2.23. The lowest BCUT2D eigenvalue weighted by molar-refractivity contribution is 0.250. The average molecular weight is 423 g/mol. The van der Waals surface area contributed by atoms with Crippen LogP contribution in [0.25, 0.3) is 0 Å². The standard InChI is InChI=1S/C26H37ClF2/c1-2-3-6-19-9-11-20(12-10-19)7-4-5-8-21-13-15-22(16-14-21)23-17-24(28)26(27)25(29)18-23/h5,8,17-22H,2-4,6-7,9-16H2,1H3/b8-5+. The van der Waals surface area contributed by atoms with Gasteiger partial charge in [0.15, 0.2) is 0 Å². The van der Waals surface area contributed by atoms with Crippen molar-refractivity contribution in [2.24, 2.45) is 17.8 Å². The molecule has 1 aromatic carbocycles. The van der Waals surface area contributed by atoms with Crippen molar-refractivity contribution in [3.8, 4) is 0 Å². The van der Waals surface area contributed by atoms with E-state index in [1.165, 1.54) is 69.9 Å². The highest BCUT2D eigenvalue weighted by atomic mass is 35.5. The summed E-state index contributed by atoms with van der Waals surface area (Å²) in [6, 6.07) is 2.84. The van der Waals surface area contributed by atoms with Crippen LogP contribution in [-0.2, 0) is 0 Å². The third-order valence-corrected chi connectivity index (χ3v) is 7.69. The minimum absolute atomic E-state index is 0.254. The lowest BCUT2D eigenvalue weighted by Crippen LogP contribution is -2.14. The Bertz CT molecular complexity index is 630. The molecule has 0 amide bonds. The van der Waals surface area contributed by atoms with Crippen molar-refractivity contribution < 1.29 is 8.78 Å². The molecule has 29 heavy (non-hydrogen) atoms. The van der Waals surface area contributed by atoms with Gasteiger partial charge in [0.05, 0.1) is 0 Å². The highest BCUT2D eigenvalue weighted by Crippen LogP contribution is 2.38. The Balaban J connectivity index is 1.34. The van der Waals surface area contributed by atoms with Gasteiger partial charge in [-0.25, -0.2) is 8.78 Å². The van der Waals surface area contributed by atoms with Gasteiger partial charge in [-0.05, 0) is 79.9 Å². The molecule has 2 fully saturated rings. The largest absolute Gasteiger partial charge is 0.205 e. The van der Waals surface area contributed by atoms with Gasteiger partial charge in [-0.2, -0.15) is 0 Å². The molecule has 0 aliphatic heterocycles. The summed E-state index contributed by atoms with van der Waals surface area (Å²) in [5, 5.41) is -0.389. The van der Waals surface area contributed by atoms with Crippen LogP contribution in [0.15, 0.2) is 24.3 Å². The van der Waals surface area contributed by atoms with Crippen molar-refractivity contribution >= 4 is 11.6 Å². The first kappa shape index (κ1) is 22.8. The summed E-state index contributed by atoms with van der Waals surface area (Å²) in [7, 11) is 0. The molecule has 162 valence electrons. The first-order chi connectivity index (χ1) is 14.1. The Labute approximate surface area is 181 Å². The van der Waals surface area contributed by atoms with E-state index in [1.54, 1.807) is 0 Å². The minimum atomic E-state index is -0.636. The second kappa shape index (κ2) is 11.5. The summed E-state index contributed by atoms with van der Waals surface area (Å²) in [5.41, 5.74) is 0.765. The van der Waals surface area contributed by atoms with Crippen LogP contribution in [-0.4, -0.2) is 0 Å². The Morgan fingerprint density at radius 3 is 2.07 bits per heavy atom. The molecule has 0 unspecified atom stereocenters. The second-order valence-corrected chi connectivity index (χ2v) is 9.82. The normalized spacial score (nSPS) is 28.1. The van der Waals surface area contributed by atoms with E-state index >= 15 is 0 Å². The minimum Gasteiger partial charge on any atom is -0.205 e. The van der Waals surface area contributed by atoms with E-state index in [1.807, 2.05) is 0 Å². The van der Waals surface area contributed by atoms with E-state index in [0.717, 1.165) is 43.1 Å². The van der Waals surface area contributed by atoms with Gasteiger partial charge in [-0.3, -0.25) is 0 Å². The number of rotatable bonds is 8. The van der Waals surface area contributed by atoms with Crippen LogP contribution in [0.3, 0.4) is 0 Å². The molecule has 0 atom stereocenters. The quantitative estimate of drug-likeness (QED) is 0.289. The van der Waals surface area contributed by atoms with Gasteiger partial charge < -0.3 is 0 Å². The summed E-state index contributed by atoms with van der Waals surface area (Å²) in [4.78, 5) is 0. The zero-order valence-corrected chi connectivity index (χ0v) is 18.7. The van der Waals surface area contributed by atoms with Gasteiger partial charge in [-0.15, -0.1) is 0 Å². The zero-order valence-electron chi connectivity index (χ0n) is 17.9. The number of allylic oxidation sites excluding steroid dienone is 2. The fourth-order valence-electron chi connectivity index (χ4n) is 5.38. The smallest absolute Gasteiger partial charge is 0.145 e. The van der Waals surface area contributed by atoms with E-state index in [0.29, 0.717) is 5.92 Å². The molecule has 0 radical (unpaired) electrons. The lowest BCUT2D eigenvalue weighted by atomic mass is 9.77. The molecule has 1 aromatic rings. The SMILES string of the molecule is CCCCC1CCC(CC/C=C/C2CCC(c3cc(F)c(Cl)c(F)c3)CC2)CC1. The molecule has 0 nitrogen and oxygen atoms in total. The molecular weight excluding hydrogens is 386 g/mol. The third kappa shape index (κ3) is 6.81. The summed E-state index contributed by atoms with van der Waals surface area (Å²) in [5.74, 6) is 1.54. The molecule has 2 aliphatic rings. The average Bonchev–Trinajstić information content (AvgIpc) is 2.74. The van der Waals surface area contributed by atoms with Crippen molar-refractivity contribution in [1.82, 2.24) is 0 Å². The van der Waals surface area contributed by atoms with Crippen LogP contribution < -0.4 is 0 Å². The van der Waals surface area contributed by atoms with Crippen LogP contribution in [0, 0.1) is 29.4 Å². The lowest BCUT2D eigenvalue weighted by Gasteiger charge is -2.28. The number of unbranched alkanes of at least 4 members (excludes halogenated alkanes) is 1. The fourth-order valence-corrected chi connectivity index (χ4v) is 5.49. The van der Waals surface area contributed by atoms with Crippen molar-refractivity contribution in [3.05, 3.63) is 46.5 Å². The highest BCUT2D eigenvalue weighted by molar-refractivity contribution is 6.30. The molecule has 0 heterocycles. The maximum atomic E-state index is 13.7. The fraction of sp³-hybridized carbons (Fsp3) is 0.692. The molecule has 2 saturated carbocycles. The van der Waals surface area contributed by atoms with Gasteiger partial charge >= 0.3 is 0 Å². The Kier molecular flexibility index (Phi) is 9.03. The molecule has 3 heteroatoms. The maximum Gasteiger partial charge on any atom is 0.145 e. The second-order valence-electron chi connectivity index (χ2n) is 9.44. The number of hydrogen-bond acceptors (Lipinski definition) is 0. The van der Waals surface area contributed by atoms with Crippen molar-refractivity contribution in [3.63, 3.8) is 0 Å². The predicted octanol–water partition coefficient (Wildman–Crippen LogP) is 9.22. The molecule has 0 aromatic heterocycles. The molecule has 3 rings (SSSR count). The van der Waals surface area contributed by atoms with E-state index in [9.17, 15) is 8.78 Å². The first-order valence-electron chi connectivity index (χ1n) is 11.9.